The Labute approximate surface area is 143 Å². The van der Waals surface area contributed by atoms with Crippen molar-refractivity contribution in [2.24, 2.45) is 0 Å². The number of benzene rings is 2. The van der Waals surface area contributed by atoms with Crippen molar-refractivity contribution in [1.82, 2.24) is 0 Å². The van der Waals surface area contributed by atoms with Crippen molar-refractivity contribution < 1.29 is 28.5 Å². The first-order valence-electron chi connectivity index (χ1n) is 7.72. The summed E-state index contributed by atoms with van der Waals surface area (Å²) in [5, 5.41) is 0. The van der Waals surface area contributed by atoms with E-state index < -0.39 is 11.9 Å². The number of hydrogen-bond donors (Lipinski definition) is 0. The van der Waals surface area contributed by atoms with Crippen molar-refractivity contribution in [3.63, 3.8) is 0 Å². The molecule has 0 amide bonds. The second kappa shape index (κ2) is 5.98. The molecule has 0 spiro atoms. The molecule has 0 radical (unpaired) electrons. The fourth-order valence-electron chi connectivity index (χ4n) is 2.87. The van der Waals surface area contributed by atoms with E-state index in [1.807, 2.05) is 0 Å². The predicted molar refractivity (Wildman–Crippen MR) is 88.3 cm³/mol. The zero-order chi connectivity index (χ0) is 17.4. The Balaban J connectivity index is 1.84. The lowest BCUT2D eigenvalue weighted by molar-refractivity contribution is -0.149. The van der Waals surface area contributed by atoms with Crippen LogP contribution in [0.2, 0.25) is 0 Å². The molecule has 4 rings (SSSR count). The number of carbonyl (C=O) groups is 2. The van der Waals surface area contributed by atoms with Crippen molar-refractivity contribution in [1.29, 1.82) is 0 Å². The predicted octanol–water partition coefficient (Wildman–Crippen LogP) is 2.46. The summed E-state index contributed by atoms with van der Waals surface area (Å²) in [7, 11) is 1.56. The molecule has 2 aromatic carbocycles. The summed E-state index contributed by atoms with van der Waals surface area (Å²) in [5.74, 6) is 0.465. The minimum absolute atomic E-state index is 0.215. The summed E-state index contributed by atoms with van der Waals surface area (Å²) >= 11 is 0. The van der Waals surface area contributed by atoms with Crippen LogP contribution in [-0.2, 0) is 14.3 Å². The number of methoxy groups -OCH3 is 1. The first kappa shape index (κ1) is 15.3. The van der Waals surface area contributed by atoms with Gasteiger partial charge in [0.2, 0.25) is 0 Å². The number of cyclic esters (lactones) is 2. The average molecular weight is 338 g/mol. The lowest BCUT2D eigenvalue weighted by atomic mass is 9.96. The van der Waals surface area contributed by atoms with Gasteiger partial charge >= 0.3 is 11.9 Å². The highest BCUT2D eigenvalue weighted by Crippen LogP contribution is 2.38. The van der Waals surface area contributed by atoms with Gasteiger partial charge in [-0.05, 0) is 35.4 Å². The third-order valence-electron chi connectivity index (χ3n) is 4.05. The number of rotatable bonds is 3. The summed E-state index contributed by atoms with van der Waals surface area (Å²) in [5.41, 5.74) is 1.57. The molecule has 2 aliphatic rings. The highest BCUT2D eigenvalue weighted by molar-refractivity contribution is 6.44. The Morgan fingerprint density at radius 1 is 0.800 bits per heavy atom. The van der Waals surface area contributed by atoms with Gasteiger partial charge in [-0.15, -0.1) is 0 Å². The van der Waals surface area contributed by atoms with E-state index in [9.17, 15) is 9.59 Å². The molecule has 2 aliphatic heterocycles. The van der Waals surface area contributed by atoms with Crippen LogP contribution in [0.15, 0.2) is 42.5 Å². The second-order valence-electron chi connectivity index (χ2n) is 5.51. The molecule has 6 heteroatoms. The second-order valence-corrected chi connectivity index (χ2v) is 5.51. The van der Waals surface area contributed by atoms with Gasteiger partial charge in [0.15, 0.2) is 11.5 Å². The normalized spacial score (nSPS) is 16.0. The number of hydrogen-bond acceptors (Lipinski definition) is 6. The van der Waals surface area contributed by atoms with Crippen LogP contribution >= 0.6 is 0 Å². The molecule has 0 unspecified atom stereocenters. The van der Waals surface area contributed by atoms with E-state index in [0.29, 0.717) is 41.6 Å². The molecule has 2 aromatic rings. The van der Waals surface area contributed by atoms with Crippen molar-refractivity contribution >= 4 is 23.1 Å². The lowest BCUT2D eigenvalue weighted by Gasteiger charge is -2.18. The molecule has 0 saturated carbocycles. The third-order valence-corrected chi connectivity index (χ3v) is 4.05. The van der Waals surface area contributed by atoms with Gasteiger partial charge in [-0.2, -0.15) is 0 Å². The maximum absolute atomic E-state index is 12.3. The van der Waals surface area contributed by atoms with Gasteiger partial charge in [-0.25, -0.2) is 9.59 Å². The fourth-order valence-corrected chi connectivity index (χ4v) is 2.87. The zero-order valence-corrected chi connectivity index (χ0v) is 13.4. The minimum atomic E-state index is -0.674. The Hall–Kier alpha value is -3.28. The number of esters is 2. The van der Waals surface area contributed by atoms with E-state index in [1.165, 1.54) is 0 Å². The van der Waals surface area contributed by atoms with Gasteiger partial charge in [-0.1, -0.05) is 18.2 Å². The van der Waals surface area contributed by atoms with Crippen molar-refractivity contribution in [3.05, 3.63) is 53.6 Å². The Bertz CT molecular complexity index is 895. The van der Waals surface area contributed by atoms with Gasteiger partial charge < -0.3 is 18.9 Å². The SMILES string of the molecule is COc1ccc(C2=C(c3ccc4c(c3)OCCO4)C(=O)OC2=O)cc1. The summed E-state index contributed by atoms with van der Waals surface area (Å²) in [6.07, 6.45) is 0. The minimum Gasteiger partial charge on any atom is -0.497 e. The van der Waals surface area contributed by atoms with E-state index in [0.717, 1.165) is 0 Å². The van der Waals surface area contributed by atoms with Gasteiger partial charge in [0.05, 0.1) is 18.3 Å². The molecule has 0 atom stereocenters. The van der Waals surface area contributed by atoms with Gasteiger partial charge in [0, 0.05) is 0 Å². The smallest absolute Gasteiger partial charge is 0.347 e. The summed E-state index contributed by atoms with van der Waals surface area (Å²) in [4.78, 5) is 24.5. The molecule has 0 saturated heterocycles. The highest BCUT2D eigenvalue weighted by Gasteiger charge is 2.35. The molecule has 0 bridgehead atoms. The van der Waals surface area contributed by atoms with E-state index in [4.69, 9.17) is 18.9 Å². The van der Waals surface area contributed by atoms with E-state index in [2.05, 4.69) is 0 Å². The first-order valence-corrected chi connectivity index (χ1v) is 7.72. The standard InChI is InChI=1S/C19H14O6/c1-22-13-5-2-11(3-6-13)16-17(19(21)25-18(16)20)12-4-7-14-15(10-12)24-9-8-23-14/h2-7,10H,8-9H2,1H3. The van der Waals surface area contributed by atoms with Crippen LogP contribution < -0.4 is 14.2 Å². The van der Waals surface area contributed by atoms with Gasteiger partial charge in [0.1, 0.15) is 19.0 Å². The third kappa shape index (κ3) is 2.61. The molecule has 0 N–H and O–H groups in total. The van der Waals surface area contributed by atoms with Crippen molar-refractivity contribution in [2.75, 3.05) is 20.3 Å². The van der Waals surface area contributed by atoms with Crippen LogP contribution in [0.5, 0.6) is 17.2 Å². The van der Waals surface area contributed by atoms with Gasteiger partial charge in [-0.3, -0.25) is 0 Å². The highest BCUT2D eigenvalue weighted by atomic mass is 16.6. The van der Waals surface area contributed by atoms with E-state index in [1.54, 1.807) is 49.6 Å². The Morgan fingerprint density at radius 3 is 2.08 bits per heavy atom. The molecular formula is C19H14O6. The molecule has 25 heavy (non-hydrogen) atoms. The maximum atomic E-state index is 12.3. The zero-order valence-electron chi connectivity index (χ0n) is 13.4. The quantitative estimate of drug-likeness (QED) is 0.632. The molecule has 126 valence electrons. The maximum Gasteiger partial charge on any atom is 0.347 e. The monoisotopic (exact) mass is 338 g/mol. The largest absolute Gasteiger partial charge is 0.497 e. The van der Waals surface area contributed by atoms with E-state index >= 15 is 0 Å². The molecule has 0 fully saturated rings. The van der Waals surface area contributed by atoms with Crippen LogP contribution in [0.3, 0.4) is 0 Å². The van der Waals surface area contributed by atoms with Crippen LogP contribution in [0, 0.1) is 0 Å². The lowest BCUT2D eigenvalue weighted by Crippen LogP contribution is -2.15. The van der Waals surface area contributed by atoms with Crippen LogP contribution in [0.1, 0.15) is 11.1 Å². The van der Waals surface area contributed by atoms with Crippen molar-refractivity contribution in [2.45, 2.75) is 0 Å². The molecular weight excluding hydrogens is 324 g/mol. The summed E-state index contributed by atoms with van der Waals surface area (Å²) in [6, 6.07) is 12.0. The summed E-state index contributed by atoms with van der Waals surface area (Å²) in [6.45, 7) is 0.914. The molecule has 6 nitrogen and oxygen atoms in total. The van der Waals surface area contributed by atoms with Crippen LogP contribution in [0.25, 0.3) is 11.1 Å². The molecule has 0 aromatic heterocycles. The van der Waals surface area contributed by atoms with Crippen LogP contribution in [0.4, 0.5) is 0 Å². The fraction of sp³-hybridized carbons (Fsp3) is 0.158. The number of ether oxygens (including phenoxy) is 4. The van der Waals surface area contributed by atoms with Gasteiger partial charge in [0.25, 0.3) is 0 Å². The first-order chi connectivity index (χ1) is 12.2. The van der Waals surface area contributed by atoms with Crippen LogP contribution in [-0.4, -0.2) is 32.3 Å². The number of carbonyl (C=O) groups excluding carboxylic acids is 2. The van der Waals surface area contributed by atoms with E-state index in [-0.39, 0.29) is 11.1 Å². The number of fused-ring (bicyclic) bond motifs is 1. The van der Waals surface area contributed by atoms with Crippen molar-refractivity contribution in [3.8, 4) is 17.2 Å². The molecule has 0 aliphatic carbocycles. The Kier molecular flexibility index (Phi) is 3.65. The Morgan fingerprint density at radius 2 is 1.40 bits per heavy atom. The molecule has 2 heterocycles. The average Bonchev–Trinajstić information content (AvgIpc) is 2.95. The topological polar surface area (TPSA) is 71.1 Å². The summed E-state index contributed by atoms with van der Waals surface area (Å²) < 4.78 is 21.0.